The number of hydrogen-bond acceptors (Lipinski definition) is 8. The number of hydrogen-bond donors (Lipinski definition) is 2. The van der Waals surface area contributed by atoms with Crippen molar-refractivity contribution in [2.75, 3.05) is 16.5 Å². The van der Waals surface area contributed by atoms with Crippen LogP contribution in [0.15, 0.2) is 48.5 Å². The zero-order valence-corrected chi connectivity index (χ0v) is 19.8. The number of rotatable bonds is 7. The maximum Gasteiger partial charge on any atom is 0.284 e. The minimum absolute atomic E-state index is 0.0278. The SMILES string of the molecule is CC(=O)Nc1ccc(CN(c2ccc(C#N)cc2)c2nc(C(=O)NS(C)(=O)=O)c(C)s2)cc1. The molecule has 1 heterocycles. The monoisotopic (exact) mass is 483 g/mol. The first-order valence-corrected chi connectivity index (χ1v) is 12.4. The van der Waals surface area contributed by atoms with Crippen molar-refractivity contribution >= 4 is 49.7 Å². The summed E-state index contributed by atoms with van der Waals surface area (Å²) in [5.41, 5.74) is 2.84. The molecule has 9 nitrogen and oxygen atoms in total. The molecule has 0 fully saturated rings. The number of sulfonamides is 1. The van der Waals surface area contributed by atoms with Gasteiger partial charge in [-0.25, -0.2) is 18.1 Å². The highest BCUT2D eigenvalue weighted by Crippen LogP contribution is 2.33. The number of nitrogens with zero attached hydrogens (tertiary/aromatic N) is 3. The Kier molecular flexibility index (Phi) is 7.10. The Balaban J connectivity index is 1.97. The Morgan fingerprint density at radius 2 is 1.76 bits per heavy atom. The average Bonchev–Trinajstić information content (AvgIpc) is 3.13. The molecule has 0 unspecified atom stereocenters. The molecule has 2 N–H and O–H groups in total. The third-order valence-corrected chi connectivity index (χ3v) is 5.98. The second-order valence-electron chi connectivity index (χ2n) is 7.23. The second-order valence-corrected chi connectivity index (χ2v) is 10.2. The summed E-state index contributed by atoms with van der Waals surface area (Å²) in [5.74, 6) is -0.961. The quantitative estimate of drug-likeness (QED) is 0.527. The van der Waals surface area contributed by atoms with Crippen molar-refractivity contribution in [3.05, 3.63) is 70.2 Å². The first-order chi connectivity index (χ1) is 15.6. The molecular formula is C22H21N5O4S2. The van der Waals surface area contributed by atoms with Gasteiger partial charge in [0.05, 0.1) is 24.4 Å². The van der Waals surface area contributed by atoms with E-state index in [0.717, 1.165) is 17.5 Å². The lowest BCUT2D eigenvalue weighted by atomic mass is 10.1. The van der Waals surface area contributed by atoms with Gasteiger partial charge in [-0.3, -0.25) is 9.59 Å². The Morgan fingerprint density at radius 1 is 1.12 bits per heavy atom. The van der Waals surface area contributed by atoms with Crippen LogP contribution < -0.4 is 14.9 Å². The molecule has 1 aromatic heterocycles. The van der Waals surface area contributed by atoms with Gasteiger partial charge in [0, 0.05) is 23.2 Å². The highest BCUT2D eigenvalue weighted by molar-refractivity contribution is 7.89. The lowest BCUT2D eigenvalue weighted by molar-refractivity contribution is -0.114. The molecule has 0 spiro atoms. The van der Waals surface area contributed by atoms with Gasteiger partial charge in [0.25, 0.3) is 5.91 Å². The fourth-order valence-corrected chi connectivity index (χ4v) is 4.35. The van der Waals surface area contributed by atoms with Crippen LogP contribution in [0.1, 0.15) is 33.4 Å². The van der Waals surface area contributed by atoms with Gasteiger partial charge in [-0.15, -0.1) is 11.3 Å². The predicted octanol–water partition coefficient (Wildman–Crippen LogP) is 3.31. The van der Waals surface area contributed by atoms with Crippen LogP contribution in [0, 0.1) is 18.3 Å². The normalized spacial score (nSPS) is 10.8. The molecule has 0 saturated carbocycles. The molecule has 2 amide bonds. The molecular weight excluding hydrogens is 462 g/mol. The molecule has 3 aromatic rings. The van der Waals surface area contributed by atoms with Crippen molar-refractivity contribution in [3.8, 4) is 6.07 Å². The highest BCUT2D eigenvalue weighted by Gasteiger charge is 2.22. The minimum atomic E-state index is -3.73. The zero-order chi connectivity index (χ0) is 24.2. The molecule has 0 aliphatic carbocycles. The summed E-state index contributed by atoms with van der Waals surface area (Å²) in [7, 11) is -3.73. The number of benzene rings is 2. The smallest absolute Gasteiger partial charge is 0.284 e. The molecule has 33 heavy (non-hydrogen) atoms. The summed E-state index contributed by atoms with van der Waals surface area (Å²) < 4.78 is 24.9. The van der Waals surface area contributed by atoms with Gasteiger partial charge in [-0.2, -0.15) is 5.26 Å². The van der Waals surface area contributed by atoms with Crippen LogP contribution in [-0.2, 0) is 21.4 Å². The van der Waals surface area contributed by atoms with Gasteiger partial charge < -0.3 is 10.2 Å². The zero-order valence-electron chi connectivity index (χ0n) is 18.1. The second kappa shape index (κ2) is 9.81. The van der Waals surface area contributed by atoms with Gasteiger partial charge in [-0.05, 0) is 48.9 Å². The van der Waals surface area contributed by atoms with Crippen LogP contribution in [0.3, 0.4) is 0 Å². The summed E-state index contributed by atoms with van der Waals surface area (Å²) in [6.45, 7) is 3.51. The third kappa shape index (κ3) is 6.38. The van der Waals surface area contributed by atoms with Crippen molar-refractivity contribution in [2.24, 2.45) is 0 Å². The Hall–Kier alpha value is -3.75. The first-order valence-electron chi connectivity index (χ1n) is 9.69. The number of thiazole rings is 1. The Bertz CT molecular complexity index is 1320. The number of anilines is 3. The van der Waals surface area contributed by atoms with E-state index in [-0.39, 0.29) is 11.6 Å². The van der Waals surface area contributed by atoms with E-state index in [1.807, 2.05) is 21.8 Å². The molecule has 0 aliphatic rings. The topological polar surface area (TPSA) is 132 Å². The molecule has 11 heteroatoms. The average molecular weight is 484 g/mol. The van der Waals surface area contributed by atoms with Gasteiger partial charge in [-0.1, -0.05) is 12.1 Å². The predicted molar refractivity (Wildman–Crippen MR) is 127 cm³/mol. The fraction of sp³-hybridized carbons (Fsp3) is 0.182. The fourth-order valence-electron chi connectivity index (χ4n) is 2.99. The molecule has 0 aliphatic heterocycles. The van der Waals surface area contributed by atoms with Crippen molar-refractivity contribution in [1.29, 1.82) is 5.26 Å². The van der Waals surface area contributed by atoms with Crippen molar-refractivity contribution in [2.45, 2.75) is 20.4 Å². The van der Waals surface area contributed by atoms with E-state index in [2.05, 4.69) is 16.4 Å². The lowest BCUT2D eigenvalue weighted by Crippen LogP contribution is -2.30. The van der Waals surface area contributed by atoms with Crippen LogP contribution in [0.2, 0.25) is 0 Å². The summed E-state index contributed by atoms with van der Waals surface area (Å²) in [5, 5.41) is 12.3. The molecule has 2 aromatic carbocycles. The third-order valence-electron chi connectivity index (χ3n) is 4.43. The van der Waals surface area contributed by atoms with E-state index >= 15 is 0 Å². The number of aromatic nitrogens is 1. The van der Waals surface area contributed by atoms with Crippen LogP contribution in [0.25, 0.3) is 0 Å². The number of nitrogens with one attached hydrogen (secondary N) is 2. The van der Waals surface area contributed by atoms with Crippen LogP contribution >= 0.6 is 11.3 Å². The van der Waals surface area contributed by atoms with Crippen LogP contribution in [0.4, 0.5) is 16.5 Å². The van der Waals surface area contributed by atoms with Gasteiger partial charge in [0.2, 0.25) is 15.9 Å². The van der Waals surface area contributed by atoms with Crippen molar-refractivity contribution < 1.29 is 18.0 Å². The number of nitriles is 1. The molecule has 170 valence electrons. The maximum absolute atomic E-state index is 12.4. The summed E-state index contributed by atoms with van der Waals surface area (Å²) in [6, 6.07) is 16.3. The number of amides is 2. The van der Waals surface area contributed by atoms with E-state index in [9.17, 15) is 18.0 Å². The van der Waals surface area contributed by atoms with Crippen molar-refractivity contribution in [1.82, 2.24) is 9.71 Å². The minimum Gasteiger partial charge on any atom is -0.326 e. The first kappa shape index (κ1) is 23.9. The summed E-state index contributed by atoms with van der Waals surface area (Å²) in [4.78, 5) is 30.5. The van der Waals surface area contributed by atoms with E-state index in [1.165, 1.54) is 18.3 Å². The largest absolute Gasteiger partial charge is 0.326 e. The van der Waals surface area contributed by atoms with Gasteiger partial charge in [0.15, 0.2) is 5.13 Å². The standard InChI is InChI=1S/C22H21N5O4S2/c1-14-20(21(29)26-33(3,30)31)25-22(32-14)27(19-10-6-16(12-23)7-11-19)13-17-4-8-18(9-5-17)24-15(2)28/h4-11H,13H2,1-3H3,(H,24,28)(H,26,29). The maximum atomic E-state index is 12.4. The van der Waals surface area contributed by atoms with Crippen molar-refractivity contribution in [3.63, 3.8) is 0 Å². The van der Waals surface area contributed by atoms with Crippen LogP contribution in [0.5, 0.6) is 0 Å². The molecule has 0 bridgehead atoms. The van der Waals surface area contributed by atoms with Gasteiger partial charge >= 0.3 is 0 Å². The summed E-state index contributed by atoms with van der Waals surface area (Å²) in [6.07, 6.45) is 0.904. The molecule has 0 atom stereocenters. The van der Waals surface area contributed by atoms with E-state index < -0.39 is 15.9 Å². The van der Waals surface area contributed by atoms with E-state index in [0.29, 0.717) is 27.8 Å². The van der Waals surface area contributed by atoms with Crippen LogP contribution in [-0.4, -0.2) is 31.5 Å². The van der Waals surface area contributed by atoms with E-state index in [1.54, 1.807) is 43.3 Å². The number of carbonyl (C=O) groups excluding carboxylic acids is 2. The molecule has 0 radical (unpaired) electrons. The molecule has 0 saturated heterocycles. The van der Waals surface area contributed by atoms with E-state index in [4.69, 9.17) is 5.26 Å². The highest BCUT2D eigenvalue weighted by atomic mass is 32.2. The Labute approximate surface area is 195 Å². The lowest BCUT2D eigenvalue weighted by Gasteiger charge is -2.22. The molecule has 3 rings (SSSR count). The number of carbonyl (C=O) groups is 2. The number of aryl methyl sites for hydroxylation is 1. The Morgan fingerprint density at radius 3 is 2.30 bits per heavy atom. The summed E-state index contributed by atoms with van der Waals surface area (Å²) >= 11 is 1.25. The van der Waals surface area contributed by atoms with Gasteiger partial charge in [0.1, 0.15) is 5.69 Å².